The van der Waals surface area contributed by atoms with Crippen LogP contribution in [0.2, 0.25) is 0 Å². The van der Waals surface area contributed by atoms with E-state index in [4.69, 9.17) is 5.11 Å². The Morgan fingerprint density at radius 1 is 1.14 bits per heavy atom. The number of carbonyl (C=O) groups is 2. The van der Waals surface area contributed by atoms with E-state index in [1.54, 1.807) is 21.0 Å². The average molecular weight is 302 g/mol. The molecule has 0 amide bonds. The molecule has 0 aromatic heterocycles. The van der Waals surface area contributed by atoms with Crippen LogP contribution in [-0.4, -0.2) is 44.0 Å². The standard InChI is InChI=1S/C8H14O3.C7H12O3/c1-3-5-6-11-8(10)7(9)4-2;1-6(2)7(8)10-5-4-9-3/h4,9H,3,5-6H2,1-2H3;1,4-5H2,2-3H3. The van der Waals surface area contributed by atoms with Gasteiger partial charge >= 0.3 is 11.9 Å². The molecule has 0 saturated carbocycles. The summed E-state index contributed by atoms with van der Waals surface area (Å²) in [6, 6.07) is 0. The zero-order valence-electron chi connectivity index (χ0n) is 13.3. The largest absolute Gasteiger partial charge is 0.502 e. The molecule has 0 radical (unpaired) electrons. The summed E-state index contributed by atoms with van der Waals surface area (Å²) in [5.74, 6) is -1.32. The maximum Gasteiger partial charge on any atom is 0.373 e. The van der Waals surface area contributed by atoms with Crippen molar-refractivity contribution in [3.05, 3.63) is 24.0 Å². The summed E-state index contributed by atoms with van der Waals surface area (Å²) >= 11 is 0. The number of methoxy groups -OCH3 is 1. The van der Waals surface area contributed by atoms with Gasteiger partial charge in [0, 0.05) is 12.7 Å². The summed E-state index contributed by atoms with van der Waals surface area (Å²) in [4.78, 5) is 21.3. The molecule has 0 unspecified atom stereocenters. The second-order valence-electron chi connectivity index (χ2n) is 4.07. The summed E-state index contributed by atoms with van der Waals surface area (Å²) < 4.78 is 14.0. The number of ether oxygens (including phenoxy) is 3. The van der Waals surface area contributed by atoms with Crippen LogP contribution >= 0.6 is 0 Å². The number of hydrogen-bond donors (Lipinski definition) is 1. The fourth-order valence-electron chi connectivity index (χ4n) is 0.842. The average Bonchev–Trinajstić information content (AvgIpc) is 2.47. The Balaban J connectivity index is 0. The van der Waals surface area contributed by atoms with Crippen LogP contribution in [0.25, 0.3) is 0 Å². The molecule has 0 aliphatic rings. The van der Waals surface area contributed by atoms with E-state index in [0.29, 0.717) is 25.4 Å². The maximum absolute atomic E-state index is 10.7. The highest BCUT2D eigenvalue weighted by molar-refractivity contribution is 5.86. The second kappa shape index (κ2) is 14.6. The van der Waals surface area contributed by atoms with Crippen molar-refractivity contribution in [3.8, 4) is 0 Å². The number of aliphatic hydroxyl groups is 1. The first-order valence-corrected chi connectivity index (χ1v) is 6.74. The normalized spacial score (nSPS) is 10.2. The molecule has 6 nitrogen and oxygen atoms in total. The summed E-state index contributed by atoms with van der Waals surface area (Å²) in [5, 5.41) is 8.81. The molecular formula is C15H26O6. The molecule has 0 atom stereocenters. The van der Waals surface area contributed by atoms with Gasteiger partial charge in [0.1, 0.15) is 6.61 Å². The molecule has 122 valence electrons. The van der Waals surface area contributed by atoms with Gasteiger partial charge in [0.2, 0.25) is 0 Å². The predicted molar refractivity (Wildman–Crippen MR) is 79.9 cm³/mol. The van der Waals surface area contributed by atoms with E-state index in [9.17, 15) is 9.59 Å². The number of aliphatic hydroxyl groups excluding tert-OH is 1. The van der Waals surface area contributed by atoms with Crippen molar-refractivity contribution in [1.82, 2.24) is 0 Å². The van der Waals surface area contributed by atoms with Gasteiger partial charge in [0.15, 0.2) is 5.76 Å². The van der Waals surface area contributed by atoms with Crippen LogP contribution in [0.5, 0.6) is 0 Å². The number of allylic oxidation sites excluding steroid dienone is 1. The molecule has 0 rings (SSSR count). The molecule has 6 heteroatoms. The van der Waals surface area contributed by atoms with E-state index in [1.807, 2.05) is 6.92 Å². The third-order valence-electron chi connectivity index (χ3n) is 2.08. The van der Waals surface area contributed by atoms with E-state index in [2.05, 4.69) is 20.8 Å². The monoisotopic (exact) mass is 302 g/mol. The van der Waals surface area contributed by atoms with Crippen LogP contribution in [0.4, 0.5) is 0 Å². The number of rotatable bonds is 8. The molecule has 21 heavy (non-hydrogen) atoms. The van der Waals surface area contributed by atoms with Gasteiger partial charge in [-0.15, -0.1) is 0 Å². The lowest BCUT2D eigenvalue weighted by Crippen LogP contribution is -2.09. The quantitative estimate of drug-likeness (QED) is 0.321. The van der Waals surface area contributed by atoms with Gasteiger partial charge in [0.05, 0.1) is 13.2 Å². The molecule has 0 fully saturated rings. The Kier molecular flexibility index (Phi) is 14.9. The molecule has 0 saturated heterocycles. The number of esters is 2. The Hall–Kier alpha value is -1.82. The fourth-order valence-corrected chi connectivity index (χ4v) is 0.842. The lowest BCUT2D eigenvalue weighted by molar-refractivity contribution is -0.142. The van der Waals surface area contributed by atoms with Crippen molar-refractivity contribution in [1.29, 1.82) is 0 Å². The highest BCUT2D eigenvalue weighted by atomic mass is 16.6. The van der Waals surface area contributed by atoms with Crippen LogP contribution in [-0.2, 0) is 23.8 Å². The van der Waals surface area contributed by atoms with Gasteiger partial charge in [0.25, 0.3) is 0 Å². The Morgan fingerprint density at radius 3 is 2.14 bits per heavy atom. The SMILES string of the molecule is C=C(C)C(=O)OCCOC.CC=C(O)C(=O)OCCCC. The van der Waals surface area contributed by atoms with E-state index < -0.39 is 5.97 Å². The number of hydrogen-bond acceptors (Lipinski definition) is 6. The fraction of sp³-hybridized carbons (Fsp3) is 0.600. The Morgan fingerprint density at radius 2 is 1.71 bits per heavy atom. The van der Waals surface area contributed by atoms with E-state index in [-0.39, 0.29) is 11.7 Å². The lowest BCUT2D eigenvalue weighted by Gasteiger charge is -2.01. The molecule has 1 N–H and O–H groups in total. The molecular weight excluding hydrogens is 276 g/mol. The first-order valence-electron chi connectivity index (χ1n) is 6.74. The molecule has 0 spiro atoms. The molecule has 0 aromatic rings. The van der Waals surface area contributed by atoms with Gasteiger partial charge in [-0.3, -0.25) is 0 Å². The van der Waals surface area contributed by atoms with Gasteiger partial charge in [-0.2, -0.15) is 0 Å². The Labute approximate surface area is 126 Å². The highest BCUT2D eigenvalue weighted by Crippen LogP contribution is 1.95. The van der Waals surface area contributed by atoms with Crippen molar-refractivity contribution < 1.29 is 28.9 Å². The minimum atomic E-state index is -0.638. The van der Waals surface area contributed by atoms with Crippen molar-refractivity contribution in [2.45, 2.75) is 33.6 Å². The van der Waals surface area contributed by atoms with Gasteiger partial charge in [-0.1, -0.05) is 19.9 Å². The second-order valence-corrected chi connectivity index (χ2v) is 4.07. The first-order chi connectivity index (χ1) is 9.90. The minimum absolute atomic E-state index is 0.294. The summed E-state index contributed by atoms with van der Waals surface area (Å²) in [7, 11) is 1.55. The highest BCUT2D eigenvalue weighted by Gasteiger charge is 2.05. The zero-order chi connectivity index (χ0) is 16.7. The van der Waals surface area contributed by atoms with Crippen molar-refractivity contribution in [2.24, 2.45) is 0 Å². The molecule has 0 heterocycles. The molecule has 0 aliphatic heterocycles. The van der Waals surface area contributed by atoms with Crippen molar-refractivity contribution in [2.75, 3.05) is 26.9 Å². The van der Waals surface area contributed by atoms with Crippen molar-refractivity contribution >= 4 is 11.9 Å². The van der Waals surface area contributed by atoms with E-state index in [0.717, 1.165) is 12.8 Å². The predicted octanol–water partition coefficient (Wildman–Crippen LogP) is 2.54. The topological polar surface area (TPSA) is 82.1 Å². The van der Waals surface area contributed by atoms with E-state index >= 15 is 0 Å². The molecule has 0 aliphatic carbocycles. The molecule has 0 aromatic carbocycles. The van der Waals surface area contributed by atoms with Crippen LogP contribution in [0.1, 0.15) is 33.6 Å². The Bertz CT molecular complexity index is 346. The van der Waals surface area contributed by atoms with Gasteiger partial charge < -0.3 is 19.3 Å². The number of carbonyl (C=O) groups excluding carboxylic acids is 2. The maximum atomic E-state index is 10.7. The van der Waals surface area contributed by atoms with Crippen molar-refractivity contribution in [3.63, 3.8) is 0 Å². The van der Waals surface area contributed by atoms with Gasteiger partial charge in [-0.25, -0.2) is 9.59 Å². The summed E-state index contributed by atoms with van der Waals surface area (Å²) in [6.45, 7) is 9.71. The van der Waals surface area contributed by atoms with Crippen LogP contribution in [0.15, 0.2) is 24.0 Å². The number of unbranched alkanes of at least 4 members (excludes halogenated alkanes) is 1. The minimum Gasteiger partial charge on any atom is -0.502 e. The van der Waals surface area contributed by atoms with Gasteiger partial charge in [-0.05, 0) is 26.3 Å². The molecule has 0 bridgehead atoms. The third-order valence-corrected chi connectivity index (χ3v) is 2.08. The lowest BCUT2D eigenvalue weighted by atomic mass is 10.4. The van der Waals surface area contributed by atoms with Crippen LogP contribution < -0.4 is 0 Å². The summed E-state index contributed by atoms with van der Waals surface area (Å²) in [5.41, 5.74) is 0.413. The zero-order valence-corrected chi connectivity index (χ0v) is 13.3. The first kappa shape index (κ1) is 21.5. The summed E-state index contributed by atoms with van der Waals surface area (Å²) in [6.07, 6.45) is 3.13. The van der Waals surface area contributed by atoms with Crippen LogP contribution in [0.3, 0.4) is 0 Å². The van der Waals surface area contributed by atoms with Crippen LogP contribution in [0, 0.1) is 0 Å². The smallest absolute Gasteiger partial charge is 0.373 e. The third kappa shape index (κ3) is 14.4. The van der Waals surface area contributed by atoms with E-state index in [1.165, 1.54) is 6.08 Å².